The van der Waals surface area contributed by atoms with Crippen molar-refractivity contribution in [3.8, 4) is 0 Å². The molecular formula is C11H16. The van der Waals surface area contributed by atoms with Gasteiger partial charge >= 0.3 is 0 Å². The second kappa shape index (κ2) is 4.73. The Morgan fingerprint density at radius 2 is 1.82 bits per heavy atom. The fourth-order valence-electron chi connectivity index (χ4n) is 0.953. The third-order valence-electron chi connectivity index (χ3n) is 1.53. The molecule has 0 fully saturated rings. The van der Waals surface area contributed by atoms with Crippen LogP contribution in [0.25, 0.3) is 6.08 Å². The van der Waals surface area contributed by atoms with E-state index in [0.717, 1.165) is 0 Å². The van der Waals surface area contributed by atoms with E-state index in [4.69, 9.17) is 0 Å². The molecule has 0 nitrogen and oxygen atoms in total. The Morgan fingerprint density at radius 3 is 2.36 bits per heavy atom. The Kier molecular flexibility index (Phi) is 4.28. The van der Waals surface area contributed by atoms with Gasteiger partial charge in [-0.25, -0.2) is 0 Å². The van der Waals surface area contributed by atoms with Crippen molar-refractivity contribution in [1.29, 1.82) is 0 Å². The van der Waals surface area contributed by atoms with Crippen LogP contribution in [0.5, 0.6) is 0 Å². The summed E-state index contributed by atoms with van der Waals surface area (Å²) in [5.41, 5.74) is 2.64. The van der Waals surface area contributed by atoms with Gasteiger partial charge in [0.25, 0.3) is 0 Å². The molecule has 0 radical (unpaired) electrons. The molecule has 0 amide bonds. The molecule has 0 saturated heterocycles. The Bertz CT molecular complexity index is 234. The van der Waals surface area contributed by atoms with Crippen molar-refractivity contribution < 1.29 is 0 Å². The smallest absolute Gasteiger partial charge is 0.0231 e. The average molecular weight is 148 g/mol. The van der Waals surface area contributed by atoms with Gasteiger partial charge in [-0.05, 0) is 25.0 Å². The van der Waals surface area contributed by atoms with E-state index >= 15 is 0 Å². The molecule has 1 rings (SSSR count). The minimum Gasteiger partial charge on any atom is -0.0871 e. The summed E-state index contributed by atoms with van der Waals surface area (Å²) in [6.45, 7) is 4.15. The largest absolute Gasteiger partial charge is 0.0871 e. The van der Waals surface area contributed by atoms with Gasteiger partial charge in [-0.2, -0.15) is 0 Å². The highest BCUT2D eigenvalue weighted by Gasteiger charge is 1.87. The van der Waals surface area contributed by atoms with Gasteiger partial charge in [-0.1, -0.05) is 43.8 Å². The van der Waals surface area contributed by atoms with Crippen LogP contribution in [-0.4, -0.2) is 0 Å². The highest BCUT2D eigenvalue weighted by Crippen LogP contribution is 2.07. The summed E-state index contributed by atoms with van der Waals surface area (Å²) < 4.78 is 0. The molecule has 1 aromatic carbocycles. The van der Waals surface area contributed by atoms with Crippen molar-refractivity contribution in [2.75, 3.05) is 0 Å². The van der Waals surface area contributed by atoms with E-state index in [1.165, 1.54) is 11.1 Å². The van der Waals surface area contributed by atoms with E-state index in [0.29, 0.717) is 0 Å². The van der Waals surface area contributed by atoms with Gasteiger partial charge in [0.15, 0.2) is 0 Å². The SMILES string of the molecule is C.C/C=C\c1ccccc1C. The molecule has 60 valence electrons. The van der Waals surface area contributed by atoms with Crippen LogP contribution in [-0.2, 0) is 0 Å². The number of hydrogen-bond donors (Lipinski definition) is 0. The van der Waals surface area contributed by atoms with E-state index in [1.807, 2.05) is 6.92 Å². The van der Waals surface area contributed by atoms with Crippen LogP contribution < -0.4 is 0 Å². The fraction of sp³-hybridized carbons (Fsp3) is 0.273. The topological polar surface area (TPSA) is 0 Å². The number of rotatable bonds is 1. The van der Waals surface area contributed by atoms with Crippen LogP contribution in [0, 0.1) is 6.92 Å². The molecule has 0 aliphatic rings. The van der Waals surface area contributed by atoms with Gasteiger partial charge in [-0.15, -0.1) is 0 Å². The van der Waals surface area contributed by atoms with Crippen LogP contribution in [0.4, 0.5) is 0 Å². The van der Waals surface area contributed by atoms with E-state index in [-0.39, 0.29) is 7.43 Å². The number of allylic oxidation sites excluding steroid dienone is 1. The molecule has 0 N–H and O–H groups in total. The third-order valence-corrected chi connectivity index (χ3v) is 1.53. The molecule has 0 unspecified atom stereocenters. The van der Waals surface area contributed by atoms with E-state index in [2.05, 4.69) is 43.3 Å². The van der Waals surface area contributed by atoms with Crippen LogP contribution in [0.2, 0.25) is 0 Å². The Hall–Kier alpha value is -1.04. The van der Waals surface area contributed by atoms with Crippen molar-refractivity contribution >= 4 is 6.08 Å². The Balaban J connectivity index is 0.000001000. The summed E-state index contributed by atoms with van der Waals surface area (Å²) in [6.07, 6.45) is 4.18. The van der Waals surface area contributed by atoms with E-state index < -0.39 is 0 Å². The minimum absolute atomic E-state index is 0. The number of hydrogen-bond acceptors (Lipinski definition) is 0. The first-order valence-corrected chi connectivity index (χ1v) is 3.53. The van der Waals surface area contributed by atoms with Crippen molar-refractivity contribution in [3.05, 3.63) is 41.5 Å². The molecule has 0 heterocycles. The highest BCUT2D eigenvalue weighted by atomic mass is 13.9. The third kappa shape index (κ3) is 2.58. The summed E-state index contributed by atoms with van der Waals surface area (Å²) in [7, 11) is 0. The summed E-state index contributed by atoms with van der Waals surface area (Å²) in [4.78, 5) is 0. The molecule has 0 bridgehead atoms. The first-order valence-electron chi connectivity index (χ1n) is 3.53. The lowest BCUT2D eigenvalue weighted by Crippen LogP contribution is -1.76. The normalized spacial score (nSPS) is 9.64. The van der Waals surface area contributed by atoms with Crippen LogP contribution in [0.1, 0.15) is 25.5 Å². The van der Waals surface area contributed by atoms with Crippen molar-refractivity contribution in [3.63, 3.8) is 0 Å². The molecule has 1 aromatic rings. The van der Waals surface area contributed by atoms with E-state index in [1.54, 1.807) is 0 Å². The van der Waals surface area contributed by atoms with Gasteiger partial charge in [0, 0.05) is 0 Å². The molecule has 0 spiro atoms. The molecule has 0 aromatic heterocycles. The van der Waals surface area contributed by atoms with Crippen molar-refractivity contribution in [2.45, 2.75) is 21.3 Å². The maximum absolute atomic E-state index is 2.12. The summed E-state index contributed by atoms with van der Waals surface area (Å²) in [5, 5.41) is 0. The lowest BCUT2D eigenvalue weighted by atomic mass is 10.1. The average Bonchev–Trinajstić information content (AvgIpc) is 1.94. The molecule has 0 aliphatic heterocycles. The van der Waals surface area contributed by atoms with Crippen LogP contribution in [0.3, 0.4) is 0 Å². The molecule has 11 heavy (non-hydrogen) atoms. The zero-order chi connectivity index (χ0) is 7.40. The standard InChI is InChI=1S/C10H12.CH4/c1-3-6-10-8-5-4-7-9(10)2;/h3-8H,1-2H3;1H4/b6-3-;. The van der Waals surface area contributed by atoms with Crippen LogP contribution in [0.15, 0.2) is 30.3 Å². The second-order valence-corrected chi connectivity index (χ2v) is 2.36. The van der Waals surface area contributed by atoms with Gasteiger partial charge < -0.3 is 0 Å². The first kappa shape index (κ1) is 9.96. The number of aryl methyl sites for hydroxylation is 1. The fourth-order valence-corrected chi connectivity index (χ4v) is 0.953. The quantitative estimate of drug-likeness (QED) is 0.570. The predicted molar refractivity (Wildman–Crippen MR) is 52.6 cm³/mol. The van der Waals surface area contributed by atoms with Gasteiger partial charge in [0.1, 0.15) is 0 Å². The second-order valence-electron chi connectivity index (χ2n) is 2.36. The summed E-state index contributed by atoms with van der Waals surface area (Å²) >= 11 is 0. The molecule has 0 atom stereocenters. The van der Waals surface area contributed by atoms with Crippen LogP contribution >= 0.6 is 0 Å². The minimum atomic E-state index is 0. The van der Waals surface area contributed by atoms with Gasteiger partial charge in [-0.3, -0.25) is 0 Å². The summed E-state index contributed by atoms with van der Waals surface area (Å²) in [6, 6.07) is 8.36. The van der Waals surface area contributed by atoms with E-state index in [9.17, 15) is 0 Å². The molecular weight excluding hydrogens is 132 g/mol. The zero-order valence-electron chi connectivity index (χ0n) is 6.46. The lowest BCUT2D eigenvalue weighted by Gasteiger charge is -1.96. The van der Waals surface area contributed by atoms with Crippen molar-refractivity contribution in [1.82, 2.24) is 0 Å². The lowest BCUT2D eigenvalue weighted by molar-refractivity contribution is 1.44. The maximum Gasteiger partial charge on any atom is -0.0231 e. The van der Waals surface area contributed by atoms with Crippen molar-refractivity contribution in [2.24, 2.45) is 0 Å². The zero-order valence-corrected chi connectivity index (χ0v) is 6.46. The Morgan fingerprint density at radius 1 is 1.18 bits per heavy atom. The monoisotopic (exact) mass is 148 g/mol. The van der Waals surface area contributed by atoms with Gasteiger partial charge in [0.2, 0.25) is 0 Å². The Labute approximate surface area is 69.6 Å². The highest BCUT2D eigenvalue weighted by molar-refractivity contribution is 5.52. The molecule has 0 heteroatoms. The predicted octanol–water partition coefficient (Wildman–Crippen LogP) is 3.66. The van der Waals surface area contributed by atoms with Gasteiger partial charge in [0.05, 0.1) is 0 Å². The summed E-state index contributed by atoms with van der Waals surface area (Å²) in [5.74, 6) is 0. The molecule has 0 aliphatic carbocycles. The maximum atomic E-state index is 2.12. The molecule has 0 saturated carbocycles. The number of benzene rings is 1. The first-order chi connectivity index (χ1) is 4.84.